The van der Waals surface area contributed by atoms with Gasteiger partial charge >= 0.3 is 5.97 Å². The maximum absolute atomic E-state index is 12.7. The van der Waals surface area contributed by atoms with Gasteiger partial charge in [-0.1, -0.05) is 12.1 Å². The number of nitrogens with zero attached hydrogens (tertiary/aromatic N) is 2. The molecule has 3 amide bonds. The largest absolute Gasteiger partial charge is 0.440 e. The van der Waals surface area contributed by atoms with E-state index in [0.717, 1.165) is 4.90 Å². The number of amides is 3. The van der Waals surface area contributed by atoms with Crippen molar-refractivity contribution in [3.63, 3.8) is 0 Å². The number of benzene rings is 1. The maximum Gasteiger partial charge on any atom is 0.327 e. The Bertz CT molecular complexity index is 709. The molecule has 7 nitrogen and oxygen atoms in total. The lowest BCUT2D eigenvalue weighted by Crippen LogP contribution is -2.50. The zero-order chi connectivity index (χ0) is 16.1. The fourth-order valence-corrected chi connectivity index (χ4v) is 3.46. The summed E-state index contributed by atoms with van der Waals surface area (Å²) in [6.07, 6.45) is 0.930. The molecule has 3 heterocycles. The van der Waals surface area contributed by atoms with E-state index in [0.29, 0.717) is 30.4 Å². The van der Waals surface area contributed by atoms with Crippen molar-refractivity contribution in [1.82, 2.24) is 9.80 Å². The number of ether oxygens (including phenoxy) is 1. The third-order valence-corrected chi connectivity index (χ3v) is 4.55. The first-order valence-electron chi connectivity index (χ1n) is 7.55. The molecule has 0 aliphatic carbocycles. The SMILES string of the molecule is O=C1CN2C(=O)C(N3C(=O)c4ccccc4C3=O)CCCC2O1. The number of carbonyl (C=O) groups is 4. The van der Waals surface area contributed by atoms with Gasteiger partial charge in [0.1, 0.15) is 12.6 Å². The lowest BCUT2D eigenvalue weighted by Gasteiger charge is -2.27. The smallest absolute Gasteiger partial charge is 0.327 e. The molecule has 0 bridgehead atoms. The van der Waals surface area contributed by atoms with Crippen molar-refractivity contribution in [2.75, 3.05) is 6.54 Å². The van der Waals surface area contributed by atoms with Gasteiger partial charge in [0.25, 0.3) is 11.8 Å². The molecule has 3 aliphatic rings. The zero-order valence-electron chi connectivity index (χ0n) is 12.2. The Morgan fingerprint density at radius 1 is 0.957 bits per heavy atom. The van der Waals surface area contributed by atoms with Gasteiger partial charge in [-0.05, 0) is 25.0 Å². The Hall–Kier alpha value is -2.70. The first-order chi connectivity index (χ1) is 11.1. The van der Waals surface area contributed by atoms with Crippen LogP contribution in [0.5, 0.6) is 0 Å². The van der Waals surface area contributed by atoms with Gasteiger partial charge in [0.05, 0.1) is 11.1 Å². The first-order valence-corrected chi connectivity index (χ1v) is 7.55. The molecule has 0 radical (unpaired) electrons. The predicted octanol–water partition coefficient (Wildman–Crippen LogP) is 0.547. The van der Waals surface area contributed by atoms with Crippen LogP contribution in [0.4, 0.5) is 0 Å². The highest BCUT2D eigenvalue weighted by molar-refractivity contribution is 6.22. The lowest BCUT2D eigenvalue weighted by atomic mass is 10.1. The molecule has 23 heavy (non-hydrogen) atoms. The fourth-order valence-electron chi connectivity index (χ4n) is 3.46. The molecule has 2 saturated heterocycles. The molecule has 3 aliphatic heterocycles. The zero-order valence-corrected chi connectivity index (χ0v) is 12.2. The van der Waals surface area contributed by atoms with Crippen molar-refractivity contribution >= 4 is 23.7 Å². The number of carbonyl (C=O) groups excluding carboxylic acids is 4. The third kappa shape index (κ3) is 1.96. The van der Waals surface area contributed by atoms with E-state index in [9.17, 15) is 19.2 Å². The number of hydrogen-bond donors (Lipinski definition) is 0. The quantitative estimate of drug-likeness (QED) is 0.558. The van der Waals surface area contributed by atoms with E-state index in [4.69, 9.17) is 4.74 Å². The minimum absolute atomic E-state index is 0.122. The number of esters is 1. The van der Waals surface area contributed by atoms with Gasteiger partial charge in [-0.25, -0.2) is 0 Å². The molecule has 1 aromatic carbocycles. The number of rotatable bonds is 1. The van der Waals surface area contributed by atoms with E-state index >= 15 is 0 Å². The van der Waals surface area contributed by atoms with Gasteiger partial charge in [-0.2, -0.15) is 0 Å². The molecule has 0 saturated carbocycles. The van der Waals surface area contributed by atoms with Gasteiger partial charge in [0.15, 0.2) is 6.23 Å². The van der Waals surface area contributed by atoms with Crippen molar-refractivity contribution in [2.24, 2.45) is 0 Å². The van der Waals surface area contributed by atoms with E-state index in [2.05, 4.69) is 0 Å². The van der Waals surface area contributed by atoms with Crippen LogP contribution in [0.1, 0.15) is 40.0 Å². The Morgan fingerprint density at radius 2 is 1.61 bits per heavy atom. The van der Waals surface area contributed by atoms with Crippen LogP contribution in [0.3, 0.4) is 0 Å². The van der Waals surface area contributed by atoms with E-state index in [1.807, 2.05) is 0 Å². The van der Waals surface area contributed by atoms with Crippen LogP contribution in [0.2, 0.25) is 0 Å². The van der Waals surface area contributed by atoms with E-state index in [1.165, 1.54) is 4.90 Å². The van der Waals surface area contributed by atoms with Crippen molar-refractivity contribution in [3.8, 4) is 0 Å². The summed E-state index contributed by atoms with van der Waals surface area (Å²) in [4.78, 5) is 51.7. The van der Waals surface area contributed by atoms with Crippen LogP contribution in [0.15, 0.2) is 24.3 Å². The second kappa shape index (κ2) is 4.91. The molecule has 0 N–H and O–H groups in total. The molecule has 2 atom stereocenters. The topological polar surface area (TPSA) is 84.0 Å². The normalized spacial score (nSPS) is 27.0. The molecule has 1 aromatic rings. The van der Waals surface area contributed by atoms with Gasteiger partial charge < -0.3 is 4.74 Å². The fraction of sp³-hybridized carbons (Fsp3) is 0.375. The van der Waals surface area contributed by atoms with Crippen molar-refractivity contribution < 1.29 is 23.9 Å². The van der Waals surface area contributed by atoms with Crippen LogP contribution in [-0.2, 0) is 14.3 Å². The Balaban J connectivity index is 1.68. The van der Waals surface area contributed by atoms with Gasteiger partial charge in [0.2, 0.25) is 5.91 Å². The van der Waals surface area contributed by atoms with Crippen molar-refractivity contribution in [2.45, 2.75) is 31.5 Å². The summed E-state index contributed by atoms with van der Waals surface area (Å²) in [5.74, 6) is -1.75. The summed E-state index contributed by atoms with van der Waals surface area (Å²) >= 11 is 0. The van der Waals surface area contributed by atoms with E-state index < -0.39 is 36.0 Å². The van der Waals surface area contributed by atoms with Crippen LogP contribution >= 0.6 is 0 Å². The molecule has 2 unspecified atom stereocenters. The number of fused-ring (bicyclic) bond motifs is 2. The Morgan fingerprint density at radius 3 is 2.26 bits per heavy atom. The van der Waals surface area contributed by atoms with Crippen LogP contribution in [0, 0.1) is 0 Å². The van der Waals surface area contributed by atoms with Crippen LogP contribution < -0.4 is 0 Å². The average Bonchev–Trinajstić information content (AvgIpc) is 2.99. The summed E-state index contributed by atoms with van der Waals surface area (Å²) < 4.78 is 5.12. The Labute approximate surface area is 131 Å². The minimum Gasteiger partial charge on any atom is -0.440 e. The third-order valence-electron chi connectivity index (χ3n) is 4.55. The van der Waals surface area contributed by atoms with Gasteiger partial charge in [-0.3, -0.25) is 29.0 Å². The highest BCUT2D eigenvalue weighted by Crippen LogP contribution is 2.31. The summed E-state index contributed by atoms with van der Waals surface area (Å²) in [7, 11) is 0. The molecule has 0 aromatic heterocycles. The first kappa shape index (κ1) is 13.9. The molecule has 4 rings (SSSR count). The second-order valence-corrected chi connectivity index (χ2v) is 5.88. The van der Waals surface area contributed by atoms with Gasteiger partial charge in [-0.15, -0.1) is 0 Å². The monoisotopic (exact) mass is 314 g/mol. The predicted molar refractivity (Wildman–Crippen MR) is 76.2 cm³/mol. The van der Waals surface area contributed by atoms with Crippen molar-refractivity contribution in [3.05, 3.63) is 35.4 Å². The lowest BCUT2D eigenvalue weighted by molar-refractivity contribution is -0.143. The number of imide groups is 1. The summed E-state index contributed by atoms with van der Waals surface area (Å²) in [6, 6.07) is 5.67. The van der Waals surface area contributed by atoms with Gasteiger partial charge in [0, 0.05) is 6.42 Å². The molecule has 2 fully saturated rings. The molecule has 7 heteroatoms. The summed E-state index contributed by atoms with van der Waals surface area (Å²) in [5, 5.41) is 0. The molecular weight excluding hydrogens is 300 g/mol. The minimum atomic E-state index is -0.873. The van der Waals surface area contributed by atoms with Crippen molar-refractivity contribution in [1.29, 1.82) is 0 Å². The molecule has 0 spiro atoms. The summed E-state index contributed by atoms with van der Waals surface area (Å²) in [5.41, 5.74) is 0.639. The Kier molecular flexibility index (Phi) is 2.97. The van der Waals surface area contributed by atoms with Crippen LogP contribution in [-0.4, -0.2) is 52.3 Å². The average molecular weight is 314 g/mol. The standard InChI is InChI=1S/C16H14N2O5/c19-13-8-17-12(23-13)7-3-6-11(16(17)22)18-14(20)9-4-1-2-5-10(9)15(18)21/h1-2,4-5,11-12H,3,6-8H2. The van der Waals surface area contributed by atoms with Crippen LogP contribution in [0.25, 0.3) is 0 Å². The molecular formula is C16H14N2O5. The van der Waals surface area contributed by atoms with E-state index in [-0.39, 0.29) is 6.54 Å². The van der Waals surface area contributed by atoms with E-state index in [1.54, 1.807) is 24.3 Å². The highest BCUT2D eigenvalue weighted by atomic mass is 16.6. The number of hydrogen-bond acceptors (Lipinski definition) is 5. The molecule has 118 valence electrons. The second-order valence-electron chi connectivity index (χ2n) is 5.88. The maximum atomic E-state index is 12.7. The highest BCUT2D eigenvalue weighted by Gasteiger charge is 2.48. The summed E-state index contributed by atoms with van der Waals surface area (Å²) in [6.45, 7) is -0.122.